The summed E-state index contributed by atoms with van der Waals surface area (Å²) >= 11 is 0. The van der Waals surface area contributed by atoms with Gasteiger partial charge in [0, 0.05) is 17.5 Å². The zero-order chi connectivity index (χ0) is 22.7. The zero-order valence-electron chi connectivity index (χ0n) is 17.0. The second kappa shape index (κ2) is 7.03. The average molecular weight is 444 g/mol. The molecule has 3 aromatic carbocycles. The van der Waals surface area contributed by atoms with Gasteiger partial charge in [-0.15, -0.1) is 0 Å². The minimum absolute atomic E-state index is 0.0111. The maximum atomic E-state index is 13.4. The van der Waals surface area contributed by atoms with Gasteiger partial charge in [-0.05, 0) is 35.4 Å². The smallest absolute Gasteiger partial charge is 0.312 e. The number of esters is 1. The molecule has 0 bridgehead atoms. The van der Waals surface area contributed by atoms with Crippen LogP contribution in [0.1, 0.15) is 23.5 Å². The van der Waals surface area contributed by atoms with E-state index in [2.05, 4.69) is 0 Å². The summed E-state index contributed by atoms with van der Waals surface area (Å²) in [5.74, 6) is 0.0737. The minimum atomic E-state index is -0.485. The van der Waals surface area contributed by atoms with Crippen molar-refractivity contribution in [3.63, 3.8) is 0 Å². The molecule has 0 saturated heterocycles. The maximum Gasteiger partial charge on any atom is 0.312 e. The molecule has 2 N–H and O–H groups in total. The van der Waals surface area contributed by atoms with Gasteiger partial charge in [0.2, 0.25) is 12.2 Å². The van der Waals surface area contributed by atoms with E-state index in [0.29, 0.717) is 22.6 Å². The second-order valence-corrected chi connectivity index (χ2v) is 7.88. The van der Waals surface area contributed by atoms with Crippen LogP contribution in [-0.2, 0) is 4.79 Å². The highest BCUT2D eigenvalue weighted by atomic mass is 16.7. The maximum absolute atomic E-state index is 13.4. The lowest BCUT2D eigenvalue weighted by Crippen LogP contribution is -2.22. The van der Waals surface area contributed by atoms with Crippen LogP contribution in [-0.4, -0.2) is 23.0 Å². The van der Waals surface area contributed by atoms with Crippen molar-refractivity contribution >= 4 is 16.9 Å². The van der Waals surface area contributed by atoms with Crippen LogP contribution < -0.4 is 19.6 Å². The summed E-state index contributed by atoms with van der Waals surface area (Å²) in [6.45, 7) is 0.119. The van der Waals surface area contributed by atoms with E-state index in [1.165, 1.54) is 24.5 Å². The molecule has 0 amide bonds. The Labute approximate surface area is 186 Å². The summed E-state index contributed by atoms with van der Waals surface area (Å²) in [5, 5.41) is 20.2. The second-order valence-electron chi connectivity index (χ2n) is 7.88. The molecular weight excluding hydrogens is 428 g/mol. The summed E-state index contributed by atoms with van der Waals surface area (Å²) in [4.78, 5) is 25.7. The van der Waals surface area contributed by atoms with E-state index in [1.807, 2.05) is 6.07 Å². The van der Waals surface area contributed by atoms with Gasteiger partial charge < -0.3 is 28.8 Å². The van der Waals surface area contributed by atoms with Crippen LogP contribution in [0, 0.1) is 0 Å². The van der Waals surface area contributed by atoms with Gasteiger partial charge in [0.15, 0.2) is 11.5 Å². The largest absolute Gasteiger partial charge is 0.508 e. The standard InChI is InChI=1S/C25H16O8/c26-14-4-1-12(2-5-14)16-10-30-25-22-15(13-3-6-18-19(7-13)32-11-31-18)8-21(28)33-20(22)9-17(27)23(25)24(16)29/h1-7,9-10,15,26-27H,8,11H2. The fourth-order valence-corrected chi connectivity index (χ4v) is 4.39. The van der Waals surface area contributed by atoms with Gasteiger partial charge in [-0.2, -0.15) is 0 Å². The van der Waals surface area contributed by atoms with Crippen molar-refractivity contribution in [2.75, 3.05) is 6.79 Å². The third-order valence-corrected chi connectivity index (χ3v) is 5.95. The molecule has 6 rings (SSSR count). The van der Waals surface area contributed by atoms with Crippen molar-refractivity contribution in [3.8, 4) is 39.9 Å². The molecule has 1 unspecified atom stereocenters. The Balaban J connectivity index is 1.58. The van der Waals surface area contributed by atoms with Gasteiger partial charge in [0.05, 0.1) is 12.0 Å². The number of phenols is 2. The Morgan fingerprint density at radius 1 is 0.879 bits per heavy atom. The quantitative estimate of drug-likeness (QED) is 0.352. The number of hydrogen-bond acceptors (Lipinski definition) is 8. The molecule has 2 aliphatic rings. The monoisotopic (exact) mass is 444 g/mol. The normalized spacial score (nSPS) is 16.5. The SMILES string of the molecule is O=C1CC(c2ccc3c(c2)OCO3)c2c(cc(O)c3c(=O)c(-c4ccc(O)cc4)coc23)O1. The molecule has 0 aliphatic carbocycles. The Kier molecular flexibility index (Phi) is 4.10. The number of phenolic OH excluding ortho intramolecular Hbond substituents is 2. The Morgan fingerprint density at radius 3 is 2.48 bits per heavy atom. The topological polar surface area (TPSA) is 115 Å². The molecule has 0 spiro atoms. The van der Waals surface area contributed by atoms with Crippen LogP contribution in [0.15, 0.2) is 64.0 Å². The van der Waals surface area contributed by atoms with Gasteiger partial charge in [-0.25, -0.2) is 0 Å². The number of hydrogen-bond donors (Lipinski definition) is 2. The first-order valence-corrected chi connectivity index (χ1v) is 10.2. The molecule has 1 atom stereocenters. The number of carbonyl (C=O) groups excluding carboxylic acids is 1. The lowest BCUT2D eigenvalue weighted by Gasteiger charge is -2.26. The fraction of sp³-hybridized carbons (Fsp3) is 0.120. The zero-order valence-corrected chi connectivity index (χ0v) is 17.0. The highest BCUT2D eigenvalue weighted by molar-refractivity contribution is 5.94. The van der Waals surface area contributed by atoms with E-state index >= 15 is 0 Å². The van der Waals surface area contributed by atoms with Crippen LogP contribution in [0.5, 0.6) is 28.7 Å². The van der Waals surface area contributed by atoms with Crippen molar-refractivity contribution in [3.05, 3.63) is 76.1 Å². The van der Waals surface area contributed by atoms with Crippen LogP contribution in [0.2, 0.25) is 0 Å². The Bertz CT molecular complexity index is 1500. The molecule has 0 saturated carbocycles. The molecule has 4 aromatic rings. The van der Waals surface area contributed by atoms with E-state index in [9.17, 15) is 19.8 Å². The Hall–Kier alpha value is -4.46. The van der Waals surface area contributed by atoms with Crippen molar-refractivity contribution in [2.24, 2.45) is 0 Å². The van der Waals surface area contributed by atoms with Crippen LogP contribution in [0.25, 0.3) is 22.1 Å². The highest BCUT2D eigenvalue weighted by Gasteiger charge is 2.34. The predicted molar refractivity (Wildman–Crippen MR) is 116 cm³/mol. The van der Waals surface area contributed by atoms with E-state index in [4.69, 9.17) is 18.6 Å². The van der Waals surface area contributed by atoms with Crippen LogP contribution >= 0.6 is 0 Å². The van der Waals surface area contributed by atoms with Crippen molar-refractivity contribution in [1.29, 1.82) is 0 Å². The number of carbonyl (C=O) groups is 1. The molecule has 1 aromatic heterocycles. The summed E-state index contributed by atoms with van der Waals surface area (Å²) < 4.78 is 22.1. The first kappa shape index (κ1) is 19.2. The lowest BCUT2D eigenvalue weighted by atomic mass is 9.84. The fourth-order valence-electron chi connectivity index (χ4n) is 4.39. The van der Waals surface area contributed by atoms with Crippen LogP contribution in [0.4, 0.5) is 0 Å². The van der Waals surface area contributed by atoms with Gasteiger partial charge in [-0.3, -0.25) is 9.59 Å². The predicted octanol–water partition coefficient (Wildman–Crippen LogP) is 4.04. The molecular formula is C25H16O8. The van der Waals surface area contributed by atoms with E-state index in [0.717, 1.165) is 5.56 Å². The molecule has 8 heteroatoms. The van der Waals surface area contributed by atoms with E-state index in [1.54, 1.807) is 24.3 Å². The third-order valence-electron chi connectivity index (χ3n) is 5.95. The van der Waals surface area contributed by atoms with Gasteiger partial charge >= 0.3 is 5.97 Å². The number of fused-ring (bicyclic) bond motifs is 4. The number of ether oxygens (including phenoxy) is 3. The molecule has 8 nitrogen and oxygen atoms in total. The van der Waals surface area contributed by atoms with Crippen molar-refractivity contribution < 1.29 is 33.6 Å². The lowest BCUT2D eigenvalue weighted by molar-refractivity contribution is -0.135. The van der Waals surface area contributed by atoms with Gasteiger partial charge in [0.1, 0.15) is 34.5 Å². The summed E-state index contributed by atoms with van der Waals surface area (Å²) in [6, 6.07) is 12.7. The number of benzene rings is 3. The molecule has 0 radical (unpaired) electrons. The highest BCUT2D eigenvalue weighted by Crippen LogP contribution is 2.47. The summed E-state index contributed by atoms with van der Waals surface area (Å²) in [7, 11) is 0. The number of rotatable bonds is 2. The summed E-state index contributed by atoms with van der Waals surface area (Å²) in [5.41, 5.74) is 1.71. The summed E-state index contributed by atoms with van der Waals surface area (Å²) in [6.07, 6.45) is 1.33. The van der Waals surface area contributed by atoms with Crippen molar-refractivity contribution in [1.82, 2.24) is 0 Å². The minimum Gasteiger partial charge on any atom is -0.508 e. The molecule has 3 heterocycles. The van der Waals surface area contributed by atoms with Crippen LogP contribution in [0.3, 0.4) is 0 Å². The van der Waals surface area contributed by atoms with Gasteiger partial charge in [0.25, 0.3) is 0 Å². The third kappa shape index (κ3) is 2.99. The van der Waals surface area contributed by atoms with Crippen molar-refractivity contribution in [2.45, 2.75) is 12.3 Å². The first-order valence-electron chi connectivity index (χ1n) is 10.2. The first-order chi connectivity index (χ1) is 16.0. The van der Waals surface area contributed by atoms with Gasteiger partial charge in [-0.1, -0.05) is 18.2 Å². The molecule has 164 valence electrons. The average Bonchev–Trinajstić information content (AvgIpc) is 3.27. The van der Waals surface area contributed by atoms with E-state index < -0.39 is 17.3 Å². The molecule has 0 fully saturated rings. The number of aromatic hydroxyl groups is 2. The Morgan fingerprint density at radius 2 is 1.67 bits per heavy atom. The molecule has 33 heavy (non-hydrogen) atoms. The molecule has 2 aliphatic heterocycles. The van der Waals surface area contributed by atoms with E-state index in [-0.39, 0.29) is 47.0 Å².